The molecule has 1 saturated heterocycles. The van der Waals surface area contributed by atoms with Crippen LogP contribution < -0.4 is 11.2 Å². The maximum absolute atomic E-state index is 6.27. The third-order valence-corrected chi connectivity index (χ3v) is 8.09. The Morgan fingerprint density at radius 2 is 1.08 bits per heavy atom. The SMILES string of the molecule is CC1(C)OB(c2ccc(-c3ccc4ccccc4c3-c3ccc(-c4ccc(N)cc4)cc3)cc2)OC1(C)C. The molecule has 0 unspecified atom stereocenters. The monoisotopic (exact) mass is 497 g/mol. The lowest BCUT2D eigenvalue weighted by molar-refractivity contribution is 0.00578. The summed E-state index contributed by atoms with van der Waals surface area (Å²) in [7, 11) is -0.369. The zero-order chi connectivity index (χ0) is 26.5. The second-order valence-corrected chi connectivity index (χ2v) is 11.1. The first kappa shape index (κ1) is 24.5. The van der Waals surface area contributed by atoms with Crippen molar-refractivity contribution < 1.29 is 9.31 Å². The van der Waals surface area contributed by atoms with E-state index >= 15 is 0 Å². The first-order valence-corrected chi connectivity index (χ1v) is 13.2. The van der Waals surface area contributed by atoms with Gasteiger partial charge in [-0.05, 0) is 89.4 Å². The van der Waals surface area contributed by atoms with Gasteiger partial charge in [-0.25, -0.2) is 0 Å². The molecule has 0 bridgehead atoms. The van der Waals surface area contributed by atoms with Crippen molar-refractivity contribution >= 4 is 29.0 Å². The summed E-state index contributed by atoms with van der Waals surface area (Å²) in [5, 5.41) is 2.46. The maximum atomic E-state index is 6.27. The molecule has 0 spiro atoms. The highest BCUT2D eigenvalue weighted by Gasteiger charge is 2.51. The number of benzene rings is 5. The Morgan fingerprint density at radius 3 is 1.71 bits per heavy atom. The second-order valence-electron chi connectivity index (χ2n) is 11.1. The van der Waals surface area contributed by atoms with Crippen LogP contribution in [0.3, 0.4) is 0 Å². The normalized spacial score (nSPS) is 16.2. The van der Waals surface area contributed by atoms with Gasteiger partial charge in [0.15, 0.2) is 0 Å². The van der Waals surface area contributed by atoms with E-state index in [2.05, 4.69) is 125 Å². The quantitative estimate of drug-likeness (QED) is 0.204. The Kier molecular flexibility index (Phi) is 5.90. The molecular weight excluding hydrogens is 465 g/mol. The van der Waals surface area contributed by atoms with Gasteiger partial charge < -0.3 is 15.0 Å². The maximum Gasteiger partial charge on any atom is 0.494 e. The van der Waals surface area contributed by atoms with Gasteiger partial charge in [0.1, 0.15) is 0 Å². The number of rotatable bonds is 4. The predicted octanol–water partition coefficient (Wildman–Crippen LogP) is 7.72. The number of anilines is 1. The van der Waals surface area contributed by atoms with Crippen LogP contribution in [0.1, 0.15) is 27.7 Å². The Hall–Kier alpha value is -3.86. The van der Waals surface area contributed by atoms with Gasteiger partial charge in [0, 0.05) is 5.69 Å². The summed E-state index contributed by atoms with van der Waals surface area (Å²) in [5.41, 5.74) is 14.1. The number of nitrogen functional groups attached to an aromatic ring is 1. The average Bonchev–Trinajstić information content (AvgIpc) is 3.15. The fourth-order valence-corrected chi connectivity index (χ4v) is 5.13. The van der Waals surface area contributed by atoms with E-state index in [9.17, 15) is 0 Å². The van der Waals surface area contributed by atoms with Gasteiger partial charge in [0.25, 0.3) is 0 Å². The number of hydrogen-bond donors (Lipinski definition) is 1. The minimum Gasteiger partial charge on any atom is -0.399 e. The van der Waals surface area contributed by atoms with Crippen LogP contribution in [0.2, 0.25) is 0 Å². The van der Waals surface area contributed by atoms with Gasteiger partial charge in [-0.3, -0.25) is 0 Å². The van der Waals surface area contributed by atoms with Crippen molar-refractivity contribution in [2.24, 2.45) is 0 Å². The van der Waals surface area contributed by atoms with E-state index in [4.69, 9.17) is 15.0 Å². The Bertz CT molecular complexity index is 1590. The molecule has 3 nitrogen and oxygen atoms in total. The van der Waals surface area contributed by atoms with Gasteiger partial charge in [-0.15, -0.1) is 0 Å². The topological polar surface area (TPSA) is 44.5 Å². The first-order valence-electron chi connectivity index (χ1n) is 13.2. The summed E-state index contributed by atoms with van der Waals surface area (Å²) in [4.78, 5) is 0. The van der Waals surface area contributed by atoms with Crippen LogP contribution in [0, 0.1) is 0 Å². The van der Waals surface area contributed by atoms with Crippen LogP contribution in [0.4, 0.5) is 5.69 Å². The second kappa shape index (κ2) is 9.16. The average molecular weight is 497 g/mol. The minimum absolute atomic E-state index is 0.361. The summed E-state index contributed by atoms with van der Waals surface area (Å²) in [6.07, 6.45) is 0. The summed E-state index contributed by atoms with van der Waals surface area (Å²) >= 11 is 0. The molecule has 2 N–H and O–H groups in total. The van der Waals surface area contributed by atoms with Crippen LogP contribution in [0.25, 0.3) is 44.2 Å². The lowest BCUT2D eigenvalue weighted by Crippen LogP contribution is -2.41. The minimum atomic E-state index is -0.369. The Labute approximate surface area is 225 Å². The van der Waals surface area contributed by atoms with Gasteiger partial charge in [-0.1, -0.05) is 97.1 Å². The molecule has 188 valence electrons. The summed E-state index contributed by atoms with van der Waals surface area (Å²) in [5.74, 6) is 0. The summed E-state index contributed by atoms with van der Waals surface area (Å²) in [6, 6.07) is 38.5. The van der Waals surface area contributed by atoms with Crippen LogP contribution in [0.15, 0.2) is 109 Å². The molecule has 1 fully saturated rings. The third-order valence-electron chi connectivity index (χ3n) is 8.09. The molecule has 0 amide bonds. The van der Waals surface area contributed by atoms with Gasteiger partial charge >= 0.3 is 7.12 Å². The zero-order valence-corrected chi connectivity index (χ0v) is 22.4. The zero-order valence-electron chi connectivity index (χ0n) is 22.4. The van der Waals surface area contributed by atoms with Crippen LogP contribution >= 0.6 is 0 Å². The molecule has 4 heteroatoms. The molecule has 0 saturated carbocycles. The van der Waals surface area contributed by atoms with Crippen LogP contribution in [-0.4, -0.2) is 18.3 Å². The molecular formula is C34H32BNO2. The molecule has 5 aromatic rings. The van der Waals surface area contributed by atoms with E-state index in [1.807, 2.05) is 12.1 Å². The van der Waals surface area contributed by atoms with Gasteiger partial charge in [0.05, 0.1) is 11.2 Å². The van der Waals surface area contributed by atoms with Crippen molar-refractivity contribution in [2.45, 2.75) is 38.9 Å². The lowest BCUT2D eigenvalue weighted by Gasteiger charge is -2.32. The fourth-order valence-electron chi connectivity index (χ4n) is 5.13. The molecule has 0 aromatic heterocycles. The van der Waals surface area contributed by atoms with Crippen LogP contribution in [0.5, 0.6) is 0 Å². The molecule has 38 heavy (non-hydrogen) atoms. The van der Waals surface area contributed by atoms with Crippen molar-refractivity contribution in [3.05, 3.63) is 109 Å². The van der Waals surface area contributed by atoms with Crippen molar-refractivity contribution in [3.63, 3.8) is 0 Å². The standard InChI is InChI=1S/C34H32BNO2/c1-33(2)34(3,4)38-35(37-33)28-18-13-26(14-19-28)31-22-17-25-7-5-6-8-30(25)32(31)27-11-9-23(10-12-27)24-15-20-29(36)21-16-24/h5-22H,36H2,1-4H3. The Balaban J connectivity index is 1.40. The van der Waals surface area contributed by atoms with E-state index in [0.29, 0.717) is 0 Å². The van der Waals surface area contributed by atoms with Gasteiger partial charge in [-0.2, -0.15) is 0 Å². The molecule has 0 radical (unpaired) electrons. The van der Waals surface area contributed by atoms with E-state index in [-0.39, 0.29) is 18.3 Å². The fraction of sp³-hybridized carbons (Fsp3) is 0.176. The largest absolute Gasteiger partial charge is 0.494 e. The number of fused-ring (bicyclic) bond motifs is 1. The highest BCUT2D eigenvalue weighted by Crippen LogP contribution is 2.40. The van der Waals surface area contributed by atoms with E-state index in [0.717, 1.165) is 22.3 Å². The van der Waals surface area contributed by atoms with E-state index in [1.54, 1.807) is 0 Å². The summed E-state index contributed by atoms with van der Waals surface area (Å²) in [6.45, 7) is 8.34. The molecule has 0 aliphatic carbocycles. The Morgan fingerprint density at radius 1 is 0.553 bits per heavy atom. The van der Waals surface area contributed by atoms with E-state index < -0.39 is 0 Å². The molecule has 1 aliphatic heterocycles. The highest BCUT2D eigenvalue weighted by atomic mass is 16.7. The molecule has 5 aromatic carbocycles. The molecule has 1 heterocycles. The van der Waals surface area contributed by atoms with Crippen LogP contribution in [-0.2, 0) is 9.31 Å². The van der Waals surface area contributed by atoms with Crippen molar-refractivity contribution in [2.75, 3.05) is 5.73 Å². The lowest BCUT2D eigenvalue weighted by atomic mass is 9.78. The molecule has 0 atom stereocenters. The highest BCUT2D eigenvalue weighted by molar-refractivity contribution is 6.62. The predicted molar refractivity (Wildman–Crippen MR) is 160 cm³/mol. The number of nitrogens with two attached hydrogens (primary N) is 1. The van der Waals surface area contributed by atoms with E-state index in [1.165, 1.54) is 33.0 Å². The molecule has 6 rings (SSSR count). The number of hydrogen-bond acceptors (Lipinski definition) is 3. The summed E-state index contributed by atoms with van der Waals surface area (Å²) < 4.78 is 12.5. The van der Waals surface area contributed by atoms with Crippen molar-refractivity contribution in [1.82, 2.24) is 0 Å². The van der Waals surface area contributed by atoms with Gasteiger partial charge in [0.2, 0.25) is 0 Å². The first-order chi connectivity index (χ1) is 18.2. The molecule has 1 aliphatic rings. The smallest absolute Gasteiger partial charge is 0.399 e. The van der Waals surface area contributed by atoms with Crippen molar-refractivity contribution in [3.8, 4) is 33.4 Å². The third kappa shape index (κ3) is 4.30. The van der Waals surface area contributed by atoms with Crippen molar-refractivity contribution in [1.29, 1.82) is 0 Å².